The number of hydrogen-bond donors (Lipinski definition) is 0. The molecular formula is C15H13FN2O2. The van der Waals surface area contributed by atoms with E-state index >= 15 is 0 Å². The fourth-order valence-corrected chi connectivity index (χ4v) is 1.14. The van der Waals surface area contributed by atoms with Crippen LogP contribution in [0.3, 0.4) is 0 Å². The highest BCUT2D eigenvalue weighted by molar-refractivity contribution is 5.80. The summed E-state index contributed by atoms with van der Waals surface area (Å²) >= 11 is 0. The minimum absolute atomic E-state index is 0.736. The van der Waals surface area contributed by atoms with E-state index in [9.17, 15) is 9.32 Å². The fourth-order valence-electron chi connectivity index (χ4n) is 1.14. The van der Waals surface area contributed by atoms with E-state index in [0.29, 0.717) is 0 Å². The summed E-state index contributed by atoms with van der Waals surface area (Å²) in [4.78, 5) is 12.1. The van der Waals surface area contributed by atoms with Crippen LogP contribution in [0.1, 0.15) is 0 Å². The Balaban J connectivity index is 0.000000286. The van der Waals surface area contributed by atoms with Gasteiger partial charge in [-0.1, -0.05) is 43.0 Å². The Morgan fingerprint density at radius 3 is 1.60 bits per heavy atom. The third-order valence-electron chi connectivity index (χ3n) is 2.04. The van der Waals surface area contributed by atoms with E-state index in [4.69, 9.17) is 0 Å². The van der Waals surface area contributed by atoms with E-state index in [1.807, 2.05) is 60.7 Å². The summed E-state index contributed by atoms with van der Waals surface area (Å²) < 4.78 is 10.5. The van der Waals surface area contributed by atoms with E-state index in [0.717, 1.165) is 17.5 Å². The molecule has 4 nitrogen and oxygen atoms in total. The van der Waals surface area contributed by atoms with Crippen LogP contribution >= 0.6 is 0 Å². The number of halogens is 1. The molecule has 0 N–H and O–H groups in total. The third-order valence-corrected chi connectivity index (χ3v) is 2.04. The molecule has 0 amide bonds. The zero-order chi connectivity index (χ0) is 14.6. The van der Waals surface area contributed by atoms with E-state index in [-0.39, 0.29) is 0 Å². The molecule has 0 aliphatic rings. The summed E-state index contributed by atoms with van der Waals surface area (Å²) in [6, 6.07) is 19.4. The number of azo groups is 1. The number of carbonyl (C=O) groups excluding carboxylic acids is 1. The first-order chi connectivity index (χ1) is 9.76. The molecular weight excluding hydrogens is 259 g/mol. The van der Waals surface area contributed by atoms with E-state index in [2.05, 4.69) is 21.7 Å². The molecule has 0 radical (unpaired) electrons. The molecule has 0 aliphatic carbocycles. The van der Waals surface area contributed by atoms with Crippen molar-refractivity contribution in [2.24, 2.45) is 10.2 Å². The SMILES string of the molecule is C=CC(=O)OF.c1ccc(N=Nc2ccccc2)cc1. The van der Waals surface area contributed by atoms with Gasteiger partial charge in [0.05, 0.1) is 11.4 Å². The lowest BCUT2D eigenvalue weighted by Gasteiger charge is -1.91. The molecule has 0 saturated heterocycles. The molecule has 0 spiro atoms. The van der Waals surface area contributed by atoms with Crippen LogP contribution in [0.15, 0.2) is 83.5 Å². The lowest BCUT2D eigenvalue weighted by atomic mass is 10.3. The largest absolute Gasteiger partial charge is 0.371 e. The van der Waals surface area contributed by atoms with Gasteiger partial charge in [-0.25, -0.2) is 4.79 Å². The number of carbonyl (C=O) groups is 1. The van der Waals surface area contributed by atoms with Gasteiger partial charge in [0.2, 0.25) is 0 Å². The molecule has 0 unspecified atom stereocenters. The highest BCUT2D eigenvalue weighted by atomic mass is 19.3. The first-order valence-corrected chi connectivity index (χ1v) is 5.73. The molecule has 2 aromatic rings. The quantitative estimate of drug-likeness (QED) is 0.600. The van der Waals surface area contributed by atoms with Gasteiger partial charge >= 0.3 is 5.97 Å². The van der Waals surface area contributed by atoms with Crippen molar-refractivity contribution in [2.45, 2.75) is 0 Å². The fraction of sp³-hybridized carbons (Fsp3) is 0. The minimum atomic E-state index is -1.06. The second-order valence-corrected chi connectivity index (χ2v) is 3.47. The van der Waals surface area contributed by atoms with Gasteiger partial charge in [-0.05, 0) is 24.3 Å². The second kappa shape index (κ2) is 9.16. The van der Waals surface area contributed by atoms with Gasteiger partial charge in [-0.2, -0.15) is 10.2 Å². The van der Waals surface area contributed by atoms with E-state index in [1.54, 1.807) is 0 Å². The van der Waals surface area contributed by atoms with Gasteiger partial charge in [0.25, 0.3) is 0 Å². The van der Waals surface area contributed by atoms with Crippen LogP contribution in [0.2, 0.25) is 0 Å². The Morgan fingerprint density at radius 2 is 1.35 bits per heavy atom. The Labute approximate surface area is 116 Å². The van der Waals surface area contributed by atoms with Crippen LogP contribution in [-0.2, 0) is 9.74 Å². The van der Waals surface area contributed by atoms with Gasteiger partial charge in [-0.15, -0.1) is 0 Å². The molecule has 0 saturated carbocycles. The zero-order valence-electron chi connectivity index (χ0n) is 10.6. The lowest BCUT2D eigenvalue weighted by Crippen LogP contribution is -1.87. The van der Waals surface area contributed by atoms with E-state index < -0.39 is 5.97 Å². The highest BCUT2D eigenvalue weighted by Gasteiger charge is 1.88. The normalized spacial score (nSPS) is 9.45. The minimum Gasteiger partial charge on any atom is -0.250 e. The average Bonchev–Trinajstić information content (AvgIpc) is 2.54. The molecule has 0 heterocycles. The summed E-state index contributed by atoms with van der Waals surface area (Å²) in [5, 5.41) is 8.20. The van der Waals surface area contributed by atoms with Crippen molar-refractivity contribution in [3.05, 3.63) is 73.3 Å². The molecule has 20 heavy (non-hydrogen) atoms. The average molecular weight is 272 g/mol. The van der Waals surface area contributed by atoms with Gasteiger partial charge in [0.15, 0.2) is 0 Å². The first kappa shape index (κ1) is 15.2. The predicted molar refractivity (Wildman–Crippen MR) is 74.5 cm³/mol. The molecule has 2 aromatic carbocycles. The third kappa shape index (κ3) is 6.20. The van der Waals surface area contributed by atoms with Gasteiger partial charge in [0, 0.05) is 10.6 Å². The van der Waals surface area contributed by atoms with Crippen molar-refractivity contribution in [3.8, 4) is 0 Å². The van der Waals surface area contributed by atoms with E-state index in [1.165, 1.54) is 0 Å². The standard InChI is InChI=1S/C12H10N2.C3H3FO2/c1-3-7-11(8-4-1)13-14-12-9-5-2-6-10-12;1-2-3(5)6-4/h1-10H;2H,1H2. The Hall–Kier alpha value is -2.82. The van der Waals surface area contributed by atoms with Crippen molar-refractivity contribution in [1.29, 1.82) is 0 Å². The van der Waals surface area contributed by atoms with Crippen molar-refractivity contribution >= 4 is 17.3 Å². The van der Waals surface area contributed by atoms with Gasteiger partial charge < -0.3 is 0 Å². The molecule has 2 rings (SSSR count). The summed E-state index contributed by atoms with van der Waals surface area (Å²) in [5.41, 5.74) is 1.74. The van der Waals surface area contributed by atoms with Crippen LogP contribution in [-0.4, -0.2) is 5.97 Å². The maximum Gasteiger partial charge on any atom is 0.371 e. The summed E-state index contributed by atoms with van der Waals surface area (Å²) in [5.74, 6) is -1.06. The summed E-state index contributed by atoms with van der Waals surface area (Å²) in [6.07, 6.45) is 0.736. The molecule has 0 aliphatic heterocycles. The summed E-state index contributed by atoms with van der Waals surface area (Å²) in [6.45, 7) is 2.92. The van der Waals surface area contributed by atoms with Crippen molar-refractivity contribution in [3.63, 3.8) is 0 Å². The molecule has 0 fully saturated rings. The predicted octanol–water partition coefficient (Wildman–Crippen LogP) is 4.70. The number of rotatable bonds is 3. The van der Waals surface area contributed by atoms with Gasteiger partial charge in [-0.3, -0.25) is 4.94 Å². The monoisotopic (exact) mass is 272 g/mol. The summed E-state index contributed by atoms with van der Waals surface area (Å²) in [7, 11) is 0. The zero-order valence-corrected chi connectivity index (χ0v) is 10.6. The Bertz CT molecular complexity index is 515. The smallest absolute Gasteiger partial charge is 0.250 e. The topological polar surface area (TPSA) is 51.0 Å². The van der Waals surface area contributed by atoms with Crippen molar-refractivity contribution < 1.29 is 14.3 Å². The van der Waals surface area contributed by atoms with Crippen molar-refractivity contribution in [1.82, 2.24) is 0 Å². The number of benzene rings is 2. The maximum absolute atomic E-state index is 10.5. The molecule has 0 aromatic heterocycles. The highest BCUT2D eigenvalue weighted by Crippen LogP contribution is 2.16. The Kier molecular flexibility index (Phi) is 6.98. The maximum atomic E-state index is 10.5. The van der Waals surface area contributed by atoms with Crippen LogP contribution in [0.25, 0.3) is 0 Å². The molecule has 102 valence electrons. The van der Waals surface area contributed by atoms with Crippen LogP contribution in [0, 0.1) is 0 Å². The molecule has 0 bridgehead atoms. The van der Waals surface area contributed by atoms with Crippen LogP contribution in [0.5, 0.6) is 0 Å². The number of nitrogens with zero attached hydrogens (tertiary/aromatic N) is 2. The molecule has 5 heteroatoms. The van der Waals surface area contributed by atoms with Crippen molar-refractivity contribution in [2.75, 3.05) is 0 Å². The van der Waals surface area contributed by atoms with Gasteiger partial charge in [0.1, 0.15) is 0 Å². The lowest BCUT2D eigenvalue weighted by molar-refractivity contribution is -0.176. The second-order valence-electron chi connectivity index (χ2n) is 3.47. The van der Waals surface area contributed by atoms with Crippen LogP contribution in [0.4, 0.5) is 15.9 Å². The van der Waals surface area contributed by atoms with Crippen LogP contribution < -0.4 is 0 Å². The Morgan fingerprint density at radius 1 is 0.950 bits per heavy atom. The molecule has 0 atom stereocenters. The first-order valence-electron chi connectivity index (χ1n) is 5.73. The number of hydrogen-bond acceptors (Lipinski definition) is 4.